The zero-order chi connectivity index (χ0) is 13.8. The molecule has 0 atom stereocenters. The van der Waals surface area contributed by atoms with Crippen LogP contribution in [0.5, 0.6) is 17.2 Å². The van der Waals surface area contributed by atoms with Crippen LogP contribution in [0, 0.1) is 6.92 Å². The molecule has 19 heavy (non-hydrogen) atoms. The molecule has 0 saturated heterocycles. The number of aromatic hydroxyl groups is 1. The van der Waals surface area contributed by atoms with Crippen molar-refractivity contribution in [2.24, 2.45) is 4.99 Å². The van der Waals surface area contributed by atoms with Gasteiger partial charge in [0.1, 0.15) is 17.2 Å². The van der Waals surface area contributed by atoms with Crippen molar-refractivity contribution in [2.75, 3.05) is 7.11 Å². The van der Waals surface area contributed by atoms with Crippen molar-refractivity contribution >= 4 is 11.9 Å². The Labute approximate surface area is 111 Å². The summed E-state index contributed by atoms with van der Waals surface area (Å²) in [5.41, 5.74) is 1.83. The zero-order valence-electron chi connectivity index (χ0n) is 10.8. The van der Waals surface area contributed by atoms with Crippen molar-refractivity contribution in [1.29, 1.82) is 0 Å². The zero-order valence-corrected chi connectivity index (χ0v) is 10.8. The van der Waals surface area contributed by atoms with Crippen molar-refractivity contribution in [2.45, 2.75) is 6.92 Å². The third kappa shape index (κ3) is 2.85. The fourth-order valence-electron chi connectivity index (χ4n) is 1.67. The average Bonchev–Trinajstić information content (AvgIpc) is 2.41. The molecule has 0 fully saturated rings. The Kier molecular flexibility index (Phi) is 3.71. The Morgan fingerprint density at radius 2 is 2.05 bits per heavy atom. The number of rotatable bonds is 3. The van der Waals surface area contributed by atoms with Gasteiger partial charge >= 0.3 is 0 Å². The quantitative estimate of drug-likeness (QED) is 0.858. The molecule has 4 heteroatoms. The molecule has 0 spiro atoms. The average molecular weight is 256 g/mol. The summed E-state index contributed by atoms with van der Waals surface area (Å²) in [5.74, 6) is 0.135. The van der Waals surface area contributed by atoms with E-state index in [9.17, 15) is 10.2 Å². The Bertz CT molecular complexity index is 621. The minimum Gasteiger partial charge on any atom is -0.870 e. The number of para-hydroxylation sites is 1. The second-order valence-electron chi connectivity index (χ2n) is 4.13. The van der Waals surface area contributed by atoms with E-state index in [4.69, 9.17) is 4.74 Å². The Morgan fingerprint density at radius 1 is 1.26 bits per heavy atom. The van der Waals surface area contributed by atoms with E-state index in [1.54, 1.807) is 36.4 Å². The molecule has 0 aromatic heterocycles. The molecule has 0 aliphatic rings. The van der Waals surface area contributed by atoms with Gasteiger partial charge in [0, 0.05) is 6.21 Å². The topological polar surface area (TPSA) is 64.9 Å². The highest BCUT2D eigenvalue weighted by Gasteiger charge is 2.00. The number of aryl methyl sites for hydroxylation is 1. The first-order valence-corrected chi connectivity index (χ1v) is 5.79. The van der Waals surface area contributed by atoms with Crippen LogP contribution in [0.4, 0.5) is 5.69 Å². The van der Waals surface area contributed by atoms with E-state index in [-0.39, 0.29) is 17.2 Å². The van der Waals surface area contributed by atoms with Gasteiger partial charge in [0.05, 0.1) is 7.11 Å². The molecule has 0 amide bonds. The number of ether oxygens (including phenoxy) is 1. The molecule has 0 saturated carbocycles. The maximum Gasteiger partial charge on any atom is 0.141 e. The SMILES string of the molecule is COc1cccc(C=Nc2cc(C)ccc2O)c1[O-]. The van der Waals surface area contributed by atoms with Crippen molar-refractivity contribution in [3.8, 4) is 17.2 Å². The molecule has 1 N–H and O–H groups in total. The standard InChI is InChI=1S/C15H15NO3/c1-10-6-7-13(17)12(8-10)16-9-11-4-3-5-14(19-2)15(11)18/h3-9,17-18H,1-2H3/p-1. The van der Waals surface area contributed by atoms with Crippen LogP contribution >= 0.6 is 0 Å². The van der Waals surface area contributed by atoms with Gasteiger partial charge in [-0.15, -0.1) is 0 Å². The second-order valence-corrected chi connectivity index (χ2v) is 4.13. The van der Waals surface area contributed by atoms with E-state index < -0.39 is 0 Å². The smallest absolute Gasteiger partial charge is 0.141 e. The lowest BCUT2D eigenvalue weighted by Crippen LogP contribution is -1.99. The lowest BCUT2D eigenvalue weighted by Gasteiger charge is -2.14. The highest BCUT2D eigenvalue weighted by atomic mass is 16.5. The van der Waals surface area contributed by atoms with Gasteiger partial charge in [-0.1, -0.05) is 23.9 Å². The highest BCUT2D eigenvalue weighted by molar-refractivity contribution is 5.86. The third-order valence-electron chi connectivity index (χ3n) is 2.70. The van der Waals surface area contributed by atoms with E-state index in [0.29, 0.717) is 11.3 Å². The highest BCUT2D eigenvalue weighted by Crippen LogP contribution is 2.29. The van der Waals surface area contributed by atoms with Crippen LogP contribution in [-0.2, 0) is 0 Å². The van der Waals surface area contributed by atoms with E-state index in [1.165, 1.54) is 13.3 Å². The minimum atomic E-state index is -0.221. The summed E-state index contributed by atoms with van der Waals surface area (Å²) in [4.78, 5) is 4.14. The van der Waals surface area contributed by atoms with Gasteiger partial charge in [0.15, 0.2) is 0 Å². The summed E-state index contributed by atoms with van der Waals surface area (Å²) >= 11 is 0. The van der Waals surface area contributed by atoms with Crippen molar-refractivity contribution in [3.05, 3.63) is 47.5 Å². The second kappa shape index (κ2) is 5.44. The van der Waals surface area contributed by atoms with E-state index in [1.807, 2.05) is 6.92 Å². The normalized spacial score (nSPS) is 10.8. The molecular formula is C15H14NO3-. The Morgan fingerprint density at radius 3 is 2.79 bits per heavy atom. The lowest BCUT2D eigenvalue weighted by atomic mass is 10.2. The number of phenolic OH excluding ortho intramolecular Hbond substituents is 1. The molecule has 0 bridgehead atoms. The molecule has 0 aliphatic heterocycles. The van der Waals surface area contributed by atoms with Crippen molar-refractivity contribution in [1.82, 2.24) is 0 Å². The summed E-state index contributed by atoms with van der Waals surface area (Å²) < 4.78 is 4.96. The van der Waals surface area contributed by atoms with Gasteiger partial charge in [-0.05, 0) is 36.2 Å². The molecule has 0 radical (unpaired) electrons. The first-order valence-electron chi connectivity index (χ1n) is 5.79. The number of hydrogen-bond acceptors (Lipinski definition) is 4. The lowest BCUT2D eigenvalue weighted by molar-refractivity contribution is -0.270. The van der Waals surface area contributed by atoms with E-state index >= 15 is 0 Å². The number of nitrogens with zero attached hydrogens (tertiary/aromatic N) is 1. The Hall–Kier alpha value is -2.49. The van der Waals surface area contributed by atoms with Crippen LogP contribution in [0.15, 0.2) is 41.4 Å². The van der Waals surface area contributed by atoms with Gasteiger partial charge in [-0.3, -0.25) is 4.99 Å². The number of hydrogen-bond donors (Lipinski definition) is 1. The predicted octanol–water partition coefficient (Wildman–Crippen LogP) is 2.53. The van der Waals surface area contributed by atoms with Crippen molar-refractivity contribution < 1.29 is 14.9 Å². The fourth-order valence-corrected chi connectivity index (χ4v) is 1.67. The van der Waals surface area contributed by atoms with Gasteiger partial charge in [-0.25, -0.2) is 0 Å². The van der Waals surface area contributed by atoms with Crippen LogP contribution in [-0.4, -0.2) is 18.4 Å². The van der Waals surface area contributed by atoms with Crippen LogP contribution in [0.3, 0.4) is 0 Å². The monoisotopic (exact) mass is 256 g/mol. The van der Waals surface area contributed by atoms with Gasteiger partial charge < -0.3 is 14.9 Å². The maximum atomic E-state index is 11.9. The number of aliphatic imine (C=N–C) groups is 1. The third-order valence-corrected chi connectivity index (χ3v) is 2.70. The summed E-state index contributed by atoms with van der Waals surface area (Å²) in [6.07, 6.45) is 1.43. The summed E-state index contributed by atoms with van der Waals surface area (Å²) in [5, 5.41) is 21.6. The predicted molar refractivity (Wildman–Crippen MR) is 72.5 cm³/mol. The largest absolute Gasteiger partial charge is 0.870 e. The Balaban J connectivity index is 2.35. The van der Waals surface area contributed by atoms with Gasteiger partial charge in [0.2, 0.25) is 0 Å². The molecule has 2 aromatic carbocycles. The number of methoxy groups -OCH3 is 1. The van der Waals surface area contributed by atoms with Crippen molar-refractivity contribution in [3.63, 3.8) is 0 Å². The van der Waals surface area contributed by atoms with Crippen LogP contribution in [0.1, 0.15) is 11.1 Å². The number of benzene rings is 2. The molecule has 98 valence electrons. The van der Waals surface area contributed by atoms with E-state index in [2.05, 4.69) is 4.99 Å². The summed E-state index contributed by atoms with van der Waals surface area (Å²) in [6, 6.07) is 10.1. The minimum absolute atomic E-state index is 0.0807. The van der Waals surface area contributed by atoms with E-state index in [0.717, 1.165) is 5.56 Å². The van der Waals surface area contributed by atoms with Gasteiger partial charge in [-0.2, -0.15) is 0 Å². The van der Waals surface area contributed by atoms with Crippen LogP contribution in [0.25, 0.3) is 0 Å². The molecule has 0 unspecified atom stereocenters. The van der Waals surface area contributed by atoms with Crippen LogP contribution < -0.4 is 9.84 Å². The molecule has 0 heterocycles. The molecule has 0 aliphatic carbocycles. The maximum absolute atomic E-state index is 11.9. The fraction of sp³-hybridized carbons (Fsp3) is 0.133. The molecule has 2 rings (SSSR count). The molecule has 4 nitrogen and oxygen atoms in total. The first-order chi connectivity index (χ1) is 9.11. The summed E-state index contributed by atoms with van der Waals surface area (Å²) in [7, 11) is 1.45. The molecular weight excluding hydrogens is 242 g/mol. The molecule has 2 aromatic rings. The number of phenols is 1. The van der Waals surface area contributed by atoms with Gasteiger partial charge in [0.25, 0.3) is 0 Å². The first kappa shape index (κ1) is 13.0. The summed E-state index contributed by atoms with van der Waals surface area (Å²) in [6.45, 7) is 1.91. The van der Waals surface area contributed by atoms with Crippen LogP contribution in [0.2, 0.25) is 0 Å².